The van der Waals surface area contributed by atoms with Crippen LogP contribution in [0.3, 0.4) is 0 Å². The van der Waals surface area contributed by atoms with Crippen molar-refractivity contribution in [3.8, 4) is 10.6 Å². The smallest absolute Gasteiger partial charge is 0.319 e. The third-order valence-electron chi connectivity index (χ3n) is 4.13. The zero-order chi connectivity index (χ0) is 17.8. The maximum Gasteiger partial charge on any atom is 0.319 e. The molecule has 0 saturated heterocycles. The van der Waals surface area contributed by atoms with Crippen molar-refractivity contribution in [3.05, 3.63) is 58.6 Å². The minimum absolute atomic E-state index is 0.202. The van der Waals surface area contributed by atoms with E-state index in [4.69, 9.17) is 0 Å². The normalized spacial score (nSPS) is 10.7. The van der Waals surface area contributed by atoms with Crippen molar-refractivity contribution in [1.82, 2.24) is 15.1 Å². The van der Waals surface area contributed by atoms with Crippen LogP contribution in [0.25, 0.3) is 10.6 Å². The lowest BCUT2D eigenvalue weighted by Crippen LogP contribution is -2.31. The SMILES string of the molecule is Cc1ccc(NC(=O)NCCn2nc(-c3cccs3)cc2C)cc1C. The van der Waals surface area contributed by atoms with Crippen molar-refractivity contribution in [3.63, 3.8) is 0 Å². The Hall–Kier alpha value is -2.60. The van der Waals surface area contributed by atoms with E-state index in [-0.39, 0.29) is 6.03 Å². The van der Waals surface area contributed by atoms with Gasteiger partial charge >= 0.3 is 6.03 Å². The van der Waals surface area contributed by atoms with E-state index < -0.39 is 0 Å². The number of benzene rings is 1. The molecule has 130 valence electrons. The quantitative estimate of drug-likeness (QED) is 0.715. The Labute approximate surface area is 151 Å². The average molecular weight is 354 g/mol. The van der Waals surface area contributed by atoms with Crippen molar-refractivity contribution in [2.24, 2.45) is 0 Å². The molecular weight excluding hydrogens is 332 g/mol. The van der Waals surface area contributed by atoms with Crippen molar-refractivity contribution < 1.29 is 4.79 Å². The van der Waals surface area contributed by atoms with Crippen LogP contribution < -0.4 is 10.6 Å². The molecule has 0 atom stereocenters. The molecule has 0 fully saturated rings. The van der Waals surface area contributed by atoms with Crippen LogP contribution in [0.1, 0.15) is 16.8 Å². The summed E-state index contributed by atoms with van der Waals surface area (Å²) < 4.78 is 1.92. The van der Waals surface area contributed by atoms with Crippen LogP contribution in [0.5, 0.6) is 0 Å². The van der Waals surface area contributed by atoms with Gasteiger partial charge in [-0.1, -0.05) is 12.1 Å². The van der Waals surface area contributed by atoms with Gasteiger partial charge in [0, 0.05) is 17.9 Å². The van der Waals surface area contributed by atoms with Gasteiger partial charge in [0.2, 0.25) is 0 Å². The Bertz CT molecular complexity index is 868. The zero-order valence-corrected chi connectivity index (χ0v) is 15.5. The molecule has 2 N–H and O–H groups in total. The molecule has 0 aliphatic carbocycles. The number of hydrogen-bond donors (Lipinski definition) is 2. The molecule has 3 aromatic rings. The molecule has 1 aromatic carbocycles. The molecule has 25 heavy (non-hydrogen) atoms. The molecule has 0 radical (unpaired) electrons. The summed E-state index contributed by atoms with van der Waals surface area (Å²) in [5, 5.41) is 12.4. The van der Waals surface area contributed by atoms with Crippen LogP contribution in [-0.2, 0) is 6.54 Å². The van der Waals surface area contributed by atoms with Gasteiger partial charge in [-0.3, -0.25) is 4.68 Å². The predicted molar refractivity (Wildman–Crippen MR) is 103 cm³/mol. The van der Waals surface area contributed by atoms with Gasteiger partial charge in [-0.05, 0) is 61.5 Å². The van der Waals surface area contributed by atoms with E-state index in [1.54, 1.807) is 11.3 Å². The standard InChI is InChI=1S/C19H22N4OS/c1-13-6-7-16(11-14(13)2)21-19(24)20-8-9-23-15(3)12-17(22-23)18-5-4-10-25-18/h4-7,10-12H,8-9H2,1-3H3,(H2,20,21,24). The Morgan fingerprint density at radius 2 is 2.00 bits per heavy atom. The fourth-order valence-corrected chi connectivity index (χ4v) is 3.23. The minimum atomic E-state index is -0.202. The monoisotopic (exact) mass is 354 g/mol. The number of carbonyl (C=O) groups is 1. The van der Waals surface area contributed by atoms with E-state index in [2.05, 4.69) is 34.8 Å². The number of urea groups is 1. The fraction of sp³-hybridized carbons (Fsp3) is 0.263. The highest BCUT2D eigenvalue weighted by Crippen LogP contribution is 2.23. The lowest BCUT2D eigenvalue weighted by atomic mass is 10.1. The molecule has 2 aromatic heterocycles. The van der Waals surface area contributed by atoms with Crippen molar-refractivity contribution in [2.45, 2.75) is 27.3 Å². The lowest BCUT2D eigenvalue weighted by molar-refractivity contribution is 0.251. The highest BCUT2D eigenvalue weighted by atomic mass is 32.1. The Balaban J connectivity index is 1.52. The largest absolute Gasteiger partial charge is 0.336 e. The first-order valence-electron chi connectivity index (χ1n) is 8.23. The number of anilines is 1. The van der Waals surface area contributed by atoms with Crippen molar-refractivity contribution >= 4 is 23.1 Å². The van der Waals surface area contributed by atoms with Crippen LogP contribution >= 0.6 is 11.3 Å². The van der Waals surface area contributed by atoms with E-state index in [1.807, 2.05) is 48.2 Å². The Morgan fingerprint density at radius 3 is 2.72 bits per heavy atom. The van der Waals surface area contributed by atoms with Gasteiger partial charge in [0.05, 0.1) is 11.4 Å². The predicted octanol–water partition coefficient (Wildman–Crippen LogP) is 4.36. The van der Waals surface area contributed by atoms with Gasteiger partial charge in [0.1, 0.15) is 5.69 Å². The summed E-state index contributed by atoms with van der Waals surface area (Å²) in [7, 11) is 0. The maximum atomic E-state index is 12.0. The number of aromatic nitrogens is 2. The first kappa shape index (κ1) is 17.2. The molecule has 0 saturated carbocycles. The number of thiophene rings is 1. The number of carbonyl (C=O) groups excluding carboxylic acids is 1. The number of hydrogen-bond acceptors (Lipinski definition) is 3. The summed E-state index contributed by atoms with van der Waals surface area (Å²) >= 11 is 1.67. The van der Waals surface area contributed by atoms with E-state index in [9.17, 15) is 4.79 Å². The molecule has 0 spiro atoms. The van der Waals surface area contributed by atoms with Crippen molar-refractivity contribution in [2.75, 3.05) is 11.9 Å². The molecule has 5 nitrogen and oxygen atoms in total. The highest BCUT2D eigenvalue weighted by molar-refractivity contribution is 7.13. The van der Waals surface area contributed by atoms with Crippen LogP contribution in [-0.4, -0.2) is 22.4 Å². The Morgan fingerprint density at radius 1 is 1.16 bits per heavy atom. The van der Waals surface area contributed by atoms with E-state index in [1.165, 1.54) is 5.56 Å². The van der Waals surface area contributed by atoms with Gasteiger partial charge < -0.3 is 10.6 Å². The van der Waals surface area contributed by atoms with E-state index >= 15 is 0 Å². The van der Waals surface area contributed by atoms with Gasteiger partial charge in [-0.15, -0.1) is 11.3 Å². The minimum Gasteiger partial charge on any atom is -0.336 e. The number of aryl methyl sites for hydroxylation is 3. The summed E-state index contributed by atoms with van der Waals surface area (Å²) in [4.78, 5) is 13.2. The number of amides is 2. The first-order valence-corrected chi connectivity index (χ1v) is 9.11. The second-order valence-electron chi connectivity index (χ2n) is 6.05. The average Bonchev–Trinajstić information content (AvgIpc) is 3.21. The third kappa shape index (κ3) is 4.28. The molecule has 0 bridgehead atoms. The Kier molecular flexibility index (Phi) is 5.19. The van der Waals surface area contributed by atoms with Gasteiger partial charge in [-0.25, -0.2) is 4.79 Å². The second kappa shape index (κ2) is 7.53. The van der Waals surface area contributed by atoms with Gasteiger partial charge in [0.15, 0.2) is 0 Å². The molecule has 0 aliphatic heterocycles. The number of nitrogens with one attached hydrogen (secondary N) is 2. The summed E-state index contributed by atoms with van der Waals surface area (Å²) in [6, 6.07) is 11.8. The number of rotatable bonds is 5. The maximum absolute atomic E-state index is 12.0. The summed E-state index contributed by atoms with van der Waals surface area (Å²) in [6.45, 7) is 7.26. The topological polar surface area (TPSA) is 59.0 Å². The van der Waals surface area contributed by atoms with Crippen LogP contribution in [0.4, 0.5) is 10.5 Å². The molecule has 3 rings (SSSR count). The molecule has 2 amide bonds. The summed E-state index contributed by atoms with van der Waals surface area (Å²) in [6.07, 6.45) is 0. The lowest BCUT2D eigenvalue weighted by Gasteiger charge is -2.10. The van der Waals surface area contributed by atoms with Crippen molar-refractivity contribution in [1.29, 1.82) is 0 Å². The molecule has 2 heterocycles. The second-order valence-corrected chi connectivity index (χ2v) is 7.00. The van der Waals surface area contributed by atoms with Crippen LogP contribution in [0, 0.1) is 20.8 Å². The molecule has 0 aliphatic rings. The van der Waals surface area contributed by atoms with Gasteiger partial charge in [0.25, 0.3) is 0 Å². The fourth-order valence-electron chi connectivity index (χ4n) is 2.55. The summed E-state index contributed by atoms with van der Waals surface area (Å²) in [5.41, 5.74) is 5.23. The van der Waals surface area contributed by atoms with Crippen LogP contribution in [0.2, 0.25) is 0 Å². The van der Waals surface area contributed by atoms with E-state index in [0.29, 0.717) is 13.1 Å². The summed E-state index contributed by atoms with van der Waals surface area (Å²) in [5.74, 6) is 0. The third-order valence-corrected chi connectivity index (χ3v) is 5.02. The molecular formula is C19H22N4OS. The molecule has 6 heteroatoms. The van der Waals surface area contributed by atoms with Gasteiger partial charge in [-0.2, -0.15) is 5.10 Å². The zero-order valence-electron chi connectivity index (χ0n) is 14.7. The van der Waals surface area contributed by atoms with Crippen LogP contribution in [0.15, 0.2) is 41.8 Å². The first-order chi connectivity index (χ1) is 12.0. The van der Waals surface area contributed by atoms with E-state index in [0.717, 1.165) is 27.5 Å². The molecule has 0 unspecified atom stereocenters. The number of nitrogens with zero attached hydrogens (tertiary/aromatic N) is 2. The highest BCUT2D eigenvalue weighted by Gasteiger charge is 2.08.